The molecule has 0 saturated carbocycles. The molecule has 0 aromatic heterocycles. The Bertz CT molecular complexity index is 244. The quantitative estimate of drug-likeness (QED) is 0.693. The summed E-state index contributed by atoms with van der Waals surface area (Å²) in [6.45, 7) is 0. The van der Waals surface area contributed by atoms with Crippen LogP contribution in [0.25, 0.3) is 0 Å². The van der Waals surface area contributed by atoms with Crippen molar-refractivity contribution in [3.8, 4) is 0 Å². The molecular formula is C10H13NO2. The van der Waals surface area contributed by atoms with Crippen LogP contribution in [0.4, 0.5) is 0 Å². The van der Waals surface area contributed by atoms with Gasteiger partial charge in [-0.1, -0.05) is 24.3 Å². The zero-order valence-electron chi connectivity index (χ0n) is 7.78. The summed E-state index contributed by atoms with van der Waals surface area (Å²) in [6, 6.07) is 6.65. The lowest BCUT2D eigenvalue weighted by molar-refractivity contribution is 0.109. The summed E-state index contributed by atoms with van der Waals surface area (Å²) in [5.41, 5.74) is 0.884. The van der Waals surface area contributed by atoms with E-state index in [2.05, 4.69) is 5.32 Å². The Hall–Kier alpha value is -1.48. The van der Waals surface area contributed by atoms with Crippen LogP contribution in [0, 0.1) is 0 Å². The van der Waals surface area contributed by atoms with Crippen LogP contribution in [0.15, 0.2) is 24.3 Å². The summed E-state index contributed by atoms with van der Waals surface area (Å²) in [7, 11) is 3.75. The molecule has 0 atom stereocenters. The van der Waals surface area contributed by atoms with Gasteiger partial charge < -0.3 is 5.32 Å². The Balaban J connectivity index is 0.000000424. The topological polar surface area (TPSA) is 46.2 Å². The van der Waals surface area contributed by atoms with Gasteiger partial charge in [-0.2, -0.15) is 0 Å². The van der Waals surface area contributed by atoms with Crippen molar-refractivity contribution in [1.29, 1.82) is 0 Å². The first-order valence-electron chi connectivity index (χ1n) is 3.88. The number of rotatable bonds is 2. The Labute approximate surface area is 77.8 Å². The van der Waals surface area contributed by atoms with Gasteiger partial charge in [-0.25, -0.2) is 0 Å². The molecule has 70 valence electrons. The summed E-state index contributed by atoms with van der Waals surface area (Å²) in [4.78, 5) is 20.5. The van der Waals surface area contributed by atoms with Crippen molar-refractivity contribution in [2.45, 2.75) is 0 Å². The second-order valence-electron chi connectivity index (χ2n) is 2.36. The van der Waals surface area contributed by atoms with Crippen molar-refractivity contribution in [3.63, 3.8) is 0 Å². The molecule has 0 heterocycles. The Morgan fingerprint density at radius 1 is 1.00 bits per heavy atom. The first kappa shape index (κ1) is 11.5. The van der Waals surface area contributed by atoms with Gasteiger partial charge in [0.15, 0.2) is 12.6 Å². The molecule has 0 radical (unpaired) electrons. The lowest BCUT2D eigenvalue weighted by Gasteiger charge is -1.91. The molecule has 3 heteroatoms. The van der Waals surface area contributed by atoms with Crippen molar-refractivity contribution in [2.75, 3.05) is 14.1 Å². The normalized spacial score (nSPS) is 8.15. The van der Waals surface area contributed by atoms with Crippen LogP contribution in [0.1, 0.15) is 20.7 Å². The molecule has 13 heavy (non-hydrogen) atoms. The van der Waals surface area contributed by atoms with Gasteiger partial charge in [0.05, 0.1) is 0 Å². The summed E-state index contributed by atoms with van der Waals surface area (Å²) in [5.74, 6) is 0. The standard InChI is InChI=1S/C8H6O2.C2H7N/c9-5-7-3-1-2-4-8(7)6-10;1-3-2/h1-6H;3H,1-2H3. The Morgan fingerprint density at radius 2 is 1.31 bits per heavy atom. The zero-order chi connectivity index (χ0) is 10.1. The van der Waals surface area contributed by atoms with E-state index in [-0.39, 0.29) is 0 Å². The largest absolute Gasteiger partial charge is 0.323 e. The molecule has 0 fully saturated rings. The van der Waals surface area contributed by atoms with Crippen molar-refractivity contribution in [1.82, 2.24) is 5.32 Å². The summed E-state index contributed by atoms with van der Waals surface area (Å²) in [6.07, 6.45) is 1.34. The summed E-state index contributed by atoms with van der Waals surface area (Å²) < 4.78 is 0. The number of carbonyl (C=O) groups is 2. The fourth-order valence-electron chi connectivity index (χ4n) is 0.726. The number of hydrogen-bond donors (Lipinski definition) is 1. The molecule has 0 bridgehead atoms. The van der Waals surface area contributed by atoms with Crippen LogP contribution in [0.2, 0.25) is 0 Å². The molecule has 0 aliphatic carbocycles. The SMILES string of the molecule is CNC.O=Cc1ccccc1C=O. The lowest BCUT2D eigenvalue weighted by Crippen LogP contribution is -1.89. The van der Waals surface area contributed by atoms with Crippen LogP contribution in [0.5, 0.6) is 0 Å². The lowest BCUT2D eigenvalue weighted by atomic mass is 10.1. The summed E-state index contributed by atoms with van der Waals surface area (Å²) in [5, 5.41) is 2.75. The maximum atomic E-state index is 10.2. The number of benzene rings is 1. The van der Waals surface area contributed by atoms with E-state index < -0.39 is 0 Å². The van der Waals surface area contributed by atoms with Gasteiger partial charge in [-0.3, -0.25) is 9.59 Å². The minimum Gasteiger partial charge on any atom is -0.323 e. The van der Waals surface area contributed by atoms with Gasteiger partial charge in [0, 0.05) is 11.1 Å². The molecule has 1 N–H and O–H groups in total. The number of hydrogen-bond acceptors (Lipinski definition) is 3. The minimum atomic E-state index is 0.442. The van der Waals surface area contributed by atoms with E-state index in [9.17, 15) is 9.59 Å². The smallest absolute Gasteiger partial charge is 0.150 e. The maximum Gasteiger partial charge on any atom is 0.150 e. The molecule has 0 aliphatic heterocycles. The summed E-state index contributed by atoms with van der Waals surface area (Å²) >= 11 is 0. The van der Waals surface area contributed by atoms with Gasteiger partial charge in [0.25, 0.3) is 0 Å². The van der Waals surface area contributed by atoms with E-state index in [1.165, 1.54) is 0 Å². The second kappa shape index (κ2) is 7.18. The highest BCUT2D eigenvalue weighted by Crippen LogP contribution is 2.01. The molecule has 0 saturated heterocycles. The van der Waals surface area contributed by atoms with Crippen molar-refractivity contribution < 1.29 is 9.59 Å². The first-order chi connectivity index (χ1) is 6.29. The molecule has 0 unspecified atom stereocenters. The average Bonchev–Trinajstić information content (AvgIpc) is 2.19. The first-order valence-corrected chi connectivity index (χ1v) is 3.88. The van der Waals surface area contributed by atoms with Crippen LogP contribution in [-0.2, 0) is 0 Å². The van der Waals surface area contributed by atoms with Gasteiger partial charge in [-0.05, 0) is 14.1 Å². The van der Waals surface area contributed by atoms with E-state index in [1.807, 2.05) is 14.1 Å². The van der Waals surface area contributed by atoms with E-state index in [0.29, 0.717) is 23.7 Å². The number of aldehydes is 2. The zero-order valence-corrected chi connectivity index (χ0v) is 7.78. The van der Waals surface area contributed by atoms with E-state index in [4.69, 9.17) is 0 Å². The van der Waals surface area contributed by atoms with Crippen molar-refractivity contribution in [3.05, 3.63) is 35.4 Å². The van der Waals surface area contributed by atoms with Crippen LogP contribution < -0.4 is 5.32 Å². The number of carbonyl (C=O) groups excluding carboxylic acids is 2. The second-order valence-corrected chi connectivity index (χ2v) is 2.36. The van der Waals surface area contributed by atoms with E-state index in [0.717, 1.165) is 0 Å². The molecule has 1 rings (SSSR count). The minimum absolute atomic E-state index is 0.442. The number of nitrogens with one attached hydrogen (secondary N) is 1. The van der Waals surface area contributed by atoms with Crippen LogP contribution >= 0.6 is 0 Å². The van der Waals surface area contributed by atoms with Crippen molar-refractivity contribution >= 4 is 12.6 Å². The van der Waals surface area contributed by atoms with Gasteiger partial charge >= 0.3 is 0 Å². The van der Waals surface area contributed by atoms with Crippen molar-refractivity contribution in [2.24, 2.45) is 0 Å². The highest BCUT2D eigenvalue weighted by atomic mass is 16.1. The predicted octanol–water partition coefficient (Wildman–Crippen LogP) is 1.15. The van der Waals surface area contributed by atoms with E-state index in [1.54, 1.807) is 24.3 Å². The van der Waals surface area contributed by atoms with E-state index >= 15 is 0 Å². The Morgan fingerprint density at radius 3 is 1.54 bits per heavy atom. The van der Waals surface area contributed by atoms with Gasteiger partial charge in [0.2, 0.25) is 0 Å². The molecule has 0 spiro atoms. The molecule has 0 amide bonds. The third kappa shape index (κ3) is 4.18. The van der Waals surface area contributed by atoms with Crippen LogP contribution in [-0.4, -0.2) is 26.7 Å². The van der Waals surface area contributed by atoms with Gasteiger partial charge in [0.1, 0.15) is 0 Å². The third-order valence-corrected chi connectivity index (χ3v) is 1.25. The molecule has 0 aliphatic rings. The van der Waals surface area contributed by atoms with Crippen LogP contribution in [0.3, 0.4) is 0 Å². The average molecular weight is 179 g/mol. The monoisotopic (exact) mass is 179 g/mol. The molecule has 1 aromatic carbocycles. The Kier molecular flexibility index (Phi) is 6.37. The highest BCUT2D eigenvalue weighted by molar-refractivity contribution is 5.89. The fraction of sp³-hybridized carbons (Fsp3) is 0.200. The maximum absolute atomic E-state index is 10.2. The fourth-order valence-corrected chi connectivity index (χ4v) is 0.726. The predicted molar refractivity (Wildman–Crippen MR) is 52.2 cm³/mol. The highest BCUT2D eigenvalue weighted by Gasteiger charge is 1.95. The third-order valence-electron chi connectivity index (χ3n) is 1.25. The molecular weight excluding hydrogens is 166 g/mol. The molecule has 1 aromatic rings. The van der Waals surface area contributed by atoms with Gasteiger partial charge in [-0.15, -0.1) is 0 Å². The molecule has 3 nitrogen and oxygen atoms in total.